The molecule has 1 heterocycles. The van der Waals surface area contributed by atoms with Gasteiger partial charge in [0.05, 0.1) is 5.56 Å². The van der Waals surface area contributed by atoms with Gasteiger partial charge in [-0.2, -0.15) is 0 Å². The molecular formula is C11H16N2O4. The third-order valence-corrected chi connectivity index (χ3v) is 1.88. The number of carbonyl (C=O) groups excluding carboxylic acids is 1. The Labute approximate surface area is 99.2 Å². The molecule has 6 heteroatoms. The molecule has 1 rings (SSSR count). The number of nitrogens with zero attached hydrogens (tertiary/aromatic N) is 1. The highest BCUT2D eigenvalue weighted by molar-refractivity contribution is 5.91. The van der Waals surface area contributed by atoms with Gasteiger partial charge in [0.15, 0.2) is 0 Å². The third kappa shape index (κ3) is 3.82. The second-order valence-corrected chi connectivity index (χ2v) is 4.66. The van der Waals surface area contributed by atoms with Gasteiger partial charge in [0.1, 0.15) is 11.4 Å². The molecule has 94 valence electrons. The maximum atomic E-state index is 11.5. The van der Waals surface area contributed by atoms with Crippen LogP contribution in [0, 0.1) is 0 Å². The number of anilines is 1. The number of aryl methyl sites for hydroxylation is 1. The van der Waals surface area contributed by atoms with Crippen LogP contribution in [-0.2, 0) is 11.8 Å². The van der Waals surface area contributed by atoms with Crippen molar-refractivity contribution in [2.75, 3.05) is 5.32 Å². The number of hydrogen-bond acceptors (Lipinski definition) is 3. The van der Waals surface area contributed by atoms with Crippen molar-refractivity contribution in [3.05, 3.63) is 17.8 Å². The number of hydrogen-bond donors (Lipinski definition) is 2. The van der Waals surface area contributed by atoms with Gasteiger partial charge in [-0.15, -0.1) is 0 Å². The van der Waals surface area contributed by atoms with E-state index in [1.165, 1.54) is 16.8 Å². The molecule has 0 bridgehead atoms. The molecule has 1 aromatic heterocycles. The summed E-state index contributed by atoms with van der Waals surface area (Å²) in [5.41, 5.74) is -0.483. The molecular weight excluding hydrogens is 224 g/mol. The van der Waals surface area contributed by atoms with E-state index in [9.17, 15) is 9.59 Å². The smallest absolute Gasteiger partial charge is 0.413 e. The Morgan fingerprint density at radius 2 is 2.00 bits per heavy atom. The number of carbonyl (C=O) groups is 2. The topological polar surface area (TPSA) is 80.6 Å². The molecule has 2 N–H and O–H groups in total. The largest absolute Gasteiger partial charge is 0.478 e. The first-order chi connectivity index (χ1) is 7.69. The number of carboxylic acids is 1. The monoisotopic (exact) mass is 240 g/mol. The highest BCUT2D eigenvalue weighted by Gasteiger charge is 2.18. The summed E-state index contributed by atoms with van der Waals surface area (Å²) in [6.07, 6.45) is 0.797. The number of aromatic carboxylic acids is 1. The zero-order valence-corrected chi connectivity index (χ0v) is 10.3. The molecule has 0 saturated carbocycles. The van der Waals surface area contributed by atoms with Gasteiger partial charge in [-0.3, -0.25) is 5.32 Å². The van der Waals surface area contributed by atoms with Crippen molar-refractivity contribution in [3.8, 4) is 0 Å². The molecule has 0 radical (unpaired) electrons. The first kappa shape index (κ1) is 13.1. The Kier molecular flexibility index (Phi) is 3.45. The second-order valence-electron chi connectivity index (χ2n) is 4.66. The van der Waals surface area contributed by atoms with Crippen LogP contribution in [0.3, 0.4) is 0 Å². The van der Waals surface area contributed by atoms with E-state index in [-0.39, 0.29) is 5.56 Å². The third-order valence-electron chi connectivity index (χ3n) is 1.88. The first-order valence-electron chi connectivity index (χ1n) is 5.09. The fourth-order valence-corrected chi connectivity index (χ4v) is 1.21. The lowest BCUT2D eigenvalue weighted by atomic mass is 10.2. The molecule has 0 aliphatic rings. The number of ether oxygens (including phenoxy) is 1. The number of nitrogens with one attached hydrogen (secondary N) is 1. The second kappa shape index (κ2) is 4.48. The van der Waals surface area contributed by atoms with Crippen molar-refractivity contribution < 1.29 is 19.4 Å². The van der Waals surface area contributed by atoms with E-state index in [4.69, 9.17) is 9.84 Å². The van der Waals surface area contributed by atoms with Crippen LogP contribution in [0.5, 0.6) is 0 Å². The lowest BCUT2D eigenvalue weighted by Crippen LogP contribution is -2.27. The van der Waals surface area contributed by atoms with Crippen LogP contribution in [0.4, 0.5) is 10.6 Å². The molecule has 0 fully saturated rings. The van der Waals surface area contributed by atoms with Crippen LogP contribution in [0.2, 0.25) is 0 Å². The fraction of sp³-hybridized carbons (Fsp3) is 0.455. The van der Waals surface area contributed by atoms with Gasteiger partial charge in [-0.05, 0) is 26.8 Å². The van der Waals surface area contributed by atoms with E-state index in [1.807, 2.05) is 0 Å². The summed E-state index contributed by atoms with van der Waals surface area (Å²) >= 11 is 0. The minimum absolute atomic E-state index is 0.110. The zero-order valence-electron chi connectivity index (χ0n) is 10.3. The highest BCUT2D eigenvalue weighted by Crippen LogP contribution is 2.14. The molecule has 1 aromatic rings. The van der Waals surface area contributed by atoms with Crippen molar-refractivity contribution in [2.45, 2.75) is 26.4 Å². The first-order valence-corrected chi connectivity index (χ1v) is 5.09. The van der Waals surface area contributed by atoms with Crippen LogP contribution >= 0.6 is 0 Å². The summed E-state index contributed by atoms with van der Waals surface area (Å²) in [6, 6.07) is 1.37. The van der Waals surface area contributed by atoms with Crippen molar-refractivity contribution in [2.24, 2.45) is 7.05 Å². The molecule has 0 unspecified atom stereocenters. The lowest BCUT2D eigenvalue weighted by Gasteiger charge is -2.19. The van der Waals surface area contributed by atoms with Gasteiger partial charge in [0.2, 0.25) is 0 Å². The molecule has 0 aliphatic heterocycles. The van der Waals surface area contributed by atoms with Crippen molar-refractivity contribution in [3.63, 3.8) is 0 Å². The fourth-order valence-electron chi connectivity index (χ4n) is 1.21. The molecule has 0 atom stereocenters. The predicted octanol–water partition coefficient (Wildman–Crippen LogP) is 2.07. The van der Waals surface area contributed by atoms with Crippen LogP contribution in [0.1, 0.15) is 31.1 Å². The van der Waals surface area contributed by atoms with Crippen molar-refractivity contribution >= 4 is 17.9 Å². The van der Waals surface area contributed by atoms with Crippen molar-refractivity contribution in [1.82, 2.24) is 4.57 Å². The molecule has 17 heavy (non-hydrogen) atoms. The Balaban J connectivity index is 2.75. The highest BCUT2D eigenvalue weighted by atomic mass is 16.6. The summed E-state index contributed by atoms with van der Waals surface area (Å²) < 4.78 is 6.56. The van der Waals surface area contributed by atoms with E-state index in [0.29, 0.717) is 5.82 Å². The Morgan fingerprint density at radius 3 is 2.41 bits per heavy atom. The molecule has 1 amide bonds. The minimum atomic E-state index is -1.04. The number of carboxylic acid groups (broad SMARTS) is 1. The van der Waals surface area contributed by atoms with Gasteiger partial charge in [0.25, 0.3) is 0 Å². The zero-order chi connectivity index (χ0) is 13.2. The van der Waals surface area contributed by atoms with Crippen LogP contribution < -0.4 is 5.32 Å². The van der Waals surface area contributed by atoms with Crippen LogP contribution in [0.25, 0.3) is 0 Å². The Bertz CT molecular complexity index is 443. The Morgan fingerprint density at radius 1 is 1.41 bits per heavy atom. The van der Waals surface area contributed by atoms with Crippen LogP contribution in [-0.4, -0.2) is 27.3 Å². The van der Waals surface area contributed by atoms with E-state index in [1.54, 1.807) is 27.8 Å². The average Bonchev–Trinajstić information content (AvgIpc) is 2.44. The molecule has 0 spiro atoms. The van der Waals surface area contributed by atoms with E-state index < -0.39 is 17.7 Å². The maximum Gasteiger partial charge on any atom is 0.413 e. The quantitative estimate of drug-likeness (QED) is 0.829. The van der Waals surface area contributed by atoms with Gasteiger partial charge < -0.3 is 14.4 Å². The van der Waals surface area contributed by atoms with Gasteiger partial charge in [0, 0.05) is 13.2 Å². The Hall–Kier alpha value is -1.98. The summed E-state index contributed by atoms with van der Waals surface area (Å²) in [4.78, 5) is 22.2. The maximum absolute atomic E-state index is 11.5. The average molecular weight is 240 g/mol. The number of aromatic nitrogens is 1. The summed E-state index contributed by atoms with van der Waals surface area (Å²) in [7, 11) is 1.64. The lowest BCUT2D eigenvalue weighted by molar-refractivity contribution is 0.0632. The standard InChI is InChI=1S/C11H16N2O4/c1-11(2,3)17-10(16)12-8-5-7(9(14)15)6-13(8)4/h5-6H,1-4H3,(H,12,16)(H,14,15). The van der Waals surface area contributed by atoms with Gasteiger partial charge in [-0.1, -0.05) is 0 Å². The SMILES string of the molecule is Cn1cc(C(=O)O)cc1NC(=O)OC(C)(C)C. The summed E-state index contributed by atoms with van der Waals surface area (Å²) in [6.45, 7) is 5.25. The number of rotatable bonds is 2. The number of amides is 1. The molecule has 0 aliphatic carbocycles. The van der Waals surface area contributed by atoms with Crippen LogP contribution in [0.15, 0.2) is 12.3 Å². The summed E-state index contributed by atoms with van der Waals surface area (Å²) in [5.74, 6) is -0.672. The normalized spacial score (nSPS) is 11.1. The van der Waals surface area contributed by atoms with Crippen molar-refractivity contribution in [1.29, 1.82) is 0 Å². The summed E-state index contributed by atoms with van der Waals surface area (Å²) in [5, 5.41) is 11.3. The van der Waals surface area contributed by atoms with Gasteiger partial charge in [-0.25, -0.2) is 9.59 Å². The van der Waals surface area contributed by atoms with E-state index >= 15 is 0 Å². The van der Waals surface area contributed by atoms with E-state index in [2.05, 4.69) is 5.32 Å². The predicted molar refractivity (Wildman–Crippen MR) is 62.2 cm³/mol. The molecule has 0 aromatic carbocycles. The van der Waals surface area contributed by atoms with E-state index in [0.717, 1.165) is 0 Å². The molecule has 6 nitrogen and oxygen atoms in total. The van der Waals surface area contributed by atoms with Gasteiger partial charge >= 0.3 is 12.1 Å². The minimum Gasteiger partial charge on any atom is -0.478 e. The molecule has 0 saturated heterocycles.